The van der Waals surface area contributed by atoms with Crippen molar-refractivity contribution in [3.63, 3.8) is 0 Å². The van der Waals surface area contributed by atoms with Crippen molar-refractivity contribution in [3.05, 3.63) is 0 Å². The predicted molar refractivity (Wildman–Crippen MR) is 62.7 cm³/mol. The standard InChI is InChI=1S/C11H22O4S/c1-3-4-5-6-8-15-11(12)10(2)7-9-16(13)14/h10H,3-9H2,1-2H3,(H,13,14)/p-1. The van der Waals surface area contributed by atoms with E-state index in [0.717, 1.165) is 25.7 Å². The minimum absolute atomic E-state index is 0.0199. The monoisotopic (exact) mass is 249 g/mol. The number of ether oxygens (including phenoxy) is 1. The van der Waals surface area contributed by atoms with E-state index in [4.69, 9.17) is 4.74 Å². The van der Waals surface area contributed by atoms with E-state index in [1.165, 1.54) is 0 Å². The Morgan fingerprint density at radius 1 is 1.38 bits per heavy atom. The molecule has 0 fully saturated rings. The Labute approximate surface area is 100 Å². The van der Waals surface area contributed by atoms with E-state index in [9.17, 15) is 13.6 Å². The number of carbonyl (C=O) groups is 1. The van der Waals surface area contributed by atoms with E-state index in [2.05, 4.69) is 6.92 Å². The molecule has 0 bridgehead atoms. The van der Waals surface area contributed by atoms with E-state index in [0.29, 0.717) is 13.0 Å². The molecule has 0 aliphatic heterocycles. The lowest BCUT2D eigenvalue weighted by Gasteiger charge is -2.12. The molecule has 0 aliphatic carbocycles. The fraction of sp³-hybridized carbons (Fsp3) is 0.909. The predicted octanol–water partition coefficient (Wildman–Crippen LogP) is 2.02. The lowest BCUT2D eigenvalue weighted by atomic mass is 10.1. The van der Waals surface area contributed by atoms with Gasteiger partial charge in [-0.2, -0.15) is 0 Å². The molecule has 0 amide bonds. The van der Waals surface area contributed by atoms with Gasteiger partial charge < -0.3 is 9.29 Å². The maximum absolute atomic E-state index is 11.4. The summed E-state index contributed by atoms with van der Waals surface area (Å²) >= 11 is -2.07. The van der Waals surface area contributed by atoms with Crippen molar-refractivity contribution in [1.82, 2.24) is 0 Å². The largest absolute Gasteiger partial charge is 0.772 e. The molecule has 16 heavy (non-hydrogen) atoms. The Hall–Kier alpha value is -0.420. The van der Waals surface area contributed by atoms with Crippen molar-refractivity contribution in [1.29, 1.82) is 0 Å². The van der Waals surface area contributed by atoms with Crippen LogP contribution in [0.5, 0.6) is 0 Å². The fourth-order valence-corrected chi connectivity index (χ4v) is 1.78. The van der Waals surface area contributed by atoms with Crippen molar-refractivity contribution in [3.8, 4) is 0 Å². The molecule has 0 heterocycles. The number of esters is 1. The molecular weight excluding hydrogens is 228 g/mol. The van der Waals surface area contributed by atoms with Crippen LogP contribution in [0.1, 0.15) is 46.0 Å². The van der Waals surface area contributed by atoms with Crippen molar-refractivity contribution < 1.29 is 18.3 Å². The van der Waals surface area contributed by atoms with E-state index in [-0.39, 0.29) is 17.6 Å². The first-order valence-electron chi connectivity index (χ1n) is 5.80. The van der Waals surface area contributed by atoms with Crippen molar-refractivity contribution in [2.45, 2.75) is 46.0 Å². The van der Waals surface area contributed by atoms with E-state index >= 15 is 0 Å². The Morgan fingerprint density at radius 2 is 2.06 bits per heavy atom. The van der Waals surface area contributed by atoms with E-state index in [1.54, 1.807) is 6.92 Å². The maximum Gasteiger partial charge on any atom is 0.308 e. The Kier molecular flexibility index (Phi) is 9.52. The van der Waals surface area contributed by atoms with Crippen LogP contribution in [0.4, 0.5) is 0 Å². The summed E-state index contributed by atoms with van der Waals surface area (Å²) in [6.07, 6.45) is 4.61. The van der Waals surface area contributed by atoms with Crippen molar-refractivity contribution in [2.75, 3.05) is 12.4 Å². The zero-order valence-corrected chi connectivity index (χ0v) is 10.9. The van der Waals surface area contributed by atoms with Gasteiger partial charge in [-0.1, -0.05) is 44.2 Å². The molecule has 0 aliphatic rings. The molecule has 0 aromatic carbocycles. The normalized spacial score (nSPS) is 14.4. The SMILES string of the molecule is CCCCCCOC(=O)C(C)CCS(=O)[O-]. The summed E-state index contributed by atoms with van der Waals surface area (Å²) in [4.78, 5) is 11.4. The van der Waals surface area contributed by atoms with Gasteiger partial charge in [0.1, 0.15) is 0 Å². The molecule has 0 N–H and O–H groups in total. The van der Waals surface area contributed by atoms with Gasteiger partial charge in [0.25, 0.3) is 0 Å². The summed E-state index contributed by atoms with van der Waals surface area (Å²) in [6.45, 7) is 4.27. The van der Waals surface area contributed by atoms with Gasteiger partial charge in [0.05, 0.1) is 12.5 Å². The van der Waals surface area contributed by atoms with Crippen LogP contribution in [0.25, 0.3) is 0 Å². The highest BCUT2D eigenvalue weighted by Crippen LogP contribution is 2.06. The van der Waals surface area contributed by atoms with Crippen LogP contribution in [-0.4, -0.2) is 27.1 Å². The molecule has 0 aromatic rings. The van der Waals surface area contributed by atoms with Gasteiger partial charge in [-0.3, -0.25) is 9.00 Å². The molecular formula is C11H21O4S-. The average Bonchev–Trinajstić information content (AvgIpc) is 2.25. The minimum atomic E-state index is -2.07. The number of hydrogen-bond donors (Lipinski definition) is 0. The summed E-state index contributed by atoms with van der Waals surface area (Å²) < 4.78 is 25.7. The second kappa shape index (κ2) is 9.78. The molecule has 4 nitrogen and oxygen atoms in total. The quantitative estimate of drug-likeness (QED) is 0.356. The number of rotatable bonds is 9. The average molecular weight is 249 g/mol. The minimum Gasteiger partial charge on any atom is -0.772 e. The van der Waals surface area contributed by atoms with Gasteiger partial charge in [-0.15, -0.1) is 0 Å². The lowest BCUT2D eigenvalue weighted by molar-refractivity contribution is -0.148. The van der Waals surface area contributed by atoms with Gasteiger partial charge in [0.15, 0.2) is 0 Å². The highest BCUT2D eigenvalue weighted by atomic mass is 32.2. The maximum atomic E-state index is 11.4. The highest BCUT2D eigenvalue weighted by Gasteiger charge is 2.13. The Balaban J connectivity index is 3.51. The van der Waals surface area contributed by atoms with Gasteiger partial charge in [0, 0.05) is 5.75 Å². The molecule has 0 aromatic heterocycles. The summed E-state index contributed by atoms with van der Waals surface area (Å²) in [5.41, 5.74) is 0. The molecule has 0 radical (unpaired) electrons. The van der Waals surface area contributed by atoms with Gasteiger partial charge >= 0.3 is 5.97 Å². The van der Waals surface area contributed by atoms with Gasteiger partial charge in [0.2, 0.25) is 0 Å². The summed E-state index contributed by atoms with van der Waals surface area (Å²) in [5.74, 6) is -0.599. The van der Waals surface area contributed by atoms with E-state index < -0.39 is 11.1 Å². The Morgan fingerprint density at radius 3 is 2.62 bits per heavy atom. The van der Waals surface area contributed by atoms with Crippen LogP contribution in [0, 0.1) is 5.92 Å². The van der Waals surface area contributed by atoms with Crippen molar-refractivity contribution >= 4 is 17.0 Å². The summed E-state index contributed by atoms with van der Waals surface area (Å²) in [5, 5.41) is 0. The number of carbonyl (C=O) groups excluding carboxylic acids is 1. The highest BCUT2D eigenvalue weighted by molar-refractivity contribution is 7.79. The van der Waals surface area contributed by atoms with Crippen LogP contribution in [0.2, 0.25) is 0 Å². The first-order valence-corrected chi connectivity index (χ1v) is 7.04. The first kappa shape index (κ1) is 15.6. The molecule has 0 saturated carbocycles. The molecule has 96 valence electrons. The fourth-order valence-electron chi connectivity index (χ4n) is 1.23. The summed E-state index contributed by atoms with van der Waals surface area (Å²) in [6, 6.07) is 0. The lowest BCUT2D eigenvalue weighted by Crippen LogP contribution is -2.17. The zero-order valence-electron chi connectivity index (χ0n) is 10.1. The topological polar surface area (TPSA) is 66.4 Å². The number of unbranched alkanes of at least 4 members (excludes halogenated alkanes) is 3. The second-order valence-electron chi connectivity index (χ2n) is 3.93. The molecule has 0 rings (SSSR count). The van der Waals surface area contributed by atoms with E-state index in [1.807, 2.05) is 0 Å². The third-order valence-electron chi connectivity index (χ3n) is 2.36. The third kappa shape index (κ3) is 8.85. The molecule has 5 heteroatoms. The van der Waals surface area contributed by atoms with Crippen molar-refractivity contribution in [2.24, 2.45) is 5.92 Å². The van der Waals surface area contributed by atoms with Gasteiger partial charge in [-0.05, 0) is 12.8 Å². The van der Waals surface area contributed by atoms with Crippen LogP contribution >= 0.6 is 0 Å². The number of hydrogen-bond acceptors (Lipinski definition) is 4. The third-order valence-corrected chi connectivity index (χ3v) is 2.93. The molecule has 0 saturated heterocycles. The van der Waals surface area contributed by atoms with Crippen LogP contribution < -0.4 is 0 Å². The first-order chi connectivity index (χ1) is 7.57. The van der Waals surface area contributed by atoms with Gasteiger partial charge in [-0.25, -0.2) is 0 Å². The Bertz CT molecular complexity index is 218. The van der Waals surface area contributed by atoms with Crippen LogP contribution in [0.15, 0.2) is 0 Å². The molecule has 2 atom stereocenters. The smallest absolute Gasteiger partial charge is 0.308 e. The summed E-state index contributed by atoms with van der Waals surface area (Å²) in [7, 11) is 0. The molecule has 0 spiro atoms. The molecule has 2 unspecified atom stereocenters. The zero-order chi connectivity index (χ0) is 12.4. The second-order valence-corrected chi connectivity index (χ2v) is 4.94. The van der Waals surface area contributed by atoms with Crippen LogP contribution in [-0.2, 0) is 20.6 Å². The van der Waals surface area contributed by atoms with Crippen LogP contribution in [0.3, 0.4) is 0 Å².